The molecule has 0 aromatic carbocycles. The van der Waals surface area contributed by atoms with Crippen molar-refractivity contribution in [1.82, 2.24) is 4.90 Å². The van der Waals surface area contributed by atoms with Crippen LogP contribution in [0.4, 0.5) is 0 Å². The first-order chi connectivity index (χ1) is 8.90. The number of nitrogens with zero attached hydrogens (tertiary/aromatic N) is 1. The Kier molecular flexibility index (Phi) is 4.81. The van der Waals surface area contributed by atoms with E-state index >= 15 is 0 Å². The van der Waals surface area contributed by atoms with Gasteiger partial charge in [-0.1, -0.05) is 13.8 Å². The highest BCUT2D eigenvalue weighted by Gasteiger charge is 2.57. The Bertz CT molecular complexity index is 407. The molecule has 0 radical (unpaired) electrons. The Hall–Kier alpha value is -0.750. The Morgan fingerprint density at radius 1 is 1.30 bits per heavy atom. The number of hydrogen-bond acceptors (Lipinski definition) is 4. The molecule has 1 aliphatic rings. The number of carbonyl (C=O) groups is 2. The molecule has 20 heavy (non-hydrogen) atoms. The van der Waals surface area contributed by atoms with Gasteiger partial charge in [-0.2, -0.15) is 0 Å². The van der Waals surface area contributed by atoms with Gasteiger partial charge in [0.2, 0.25) is 5.91 Å². The van der Waals surface area contributed by atoms with Gasteiger partial charge < -0.3 is 15.7 Å². The highest BCUT2D eigenvalue weighted by Crippen LogP contribution is 2.51. The number of rotatable bonds is 4. The van der Waals surface area contributed by atoms with Crippen molar-refractivity contribution in [3.05, 3.63) is 0 Å². The molecule has 0 aromatic rings. The van der Waals surface area contributed by atoms with Crippen LogP contribution in [-0.4, -0.2) is 43.6 Å². The van der Waals surface area contributed by atoms with Gasteiger partial charge in [-0.15, -0.1) is 11.8 Å². The number of carbonyl (C=O) groups excluding carboxylic acids is 1. The lowest BCUT2D eigenvalue weighted by Gasteiger charge is -2.35. The Morgan fingerprint density at radius 3 is 2.20 bits per heavy atom. The van der Waals surface area contributed by atoms with E-state index in [1.54, 1.807) is 0 Å². The summed E-state index contributed by atoms with van der Waals surface area (Å²) in [4.78, 5) is 25.1. The number of aliphatic carboxylic acids is 1. The molecule has 116 valence electrons. The summed E-state index contributed by atoms with van der Waals surface area (Å²) in [6.45, 7) is 11.5. The van der Waals surface area contributed by atoms with E-state index in [0.717, 1.165) is 0 Å². The molecule has 0 saturated carbocycles. The summed E-state index contributed by atoms with van der Waals surface area (Å²) >= 11 is 1.50. The van der Waals surface area contributed by atoms with E-state index in [0.29, 0.717) is 12.3 Å². The monoisotopic (exact) mass is 302 g/mol. The lowest BCUT2D eigenvalue weighted by atomic mass is 9.97. The standard InChI is InChI=1S/C14H26N2O3S/c1-8(2)7-9(15)11(17)16-10(12(18)19)13(3,4)20-14(16,5)6/h8-10H,7,15H2,1-6H3,(H,18,19)/t9-,10+/m0/s1. The van der Waals surface area contributed by atoms with Crippen molar-refractivity contribution >= 4 is 23.6 Å². The fourth-order valence-corrected chi connectivity index (χ4v) is 4.86. The van der Waals surface area contributed by atoms with Crippen LogP contribution in [0.2, 0.25) is 0 Å². The quantitative estimate of drug-likeness (QED) is 0.828. The maximum Gasteiger partial charge on any atom is 0.327 e. The minimum Gasteiger partial charge on any atom is -0.480 e. The number of hydrogen-bond donors (Lipinski definition) is 2. The zero-order valence-corrected chi connectivity index (χ0v) is 14.0. The van der Waals surface area contributed by atoms with Crippen molar-refractivity contribution in [2.24, 2.45) is 11.7 Å². The molecule has 0 aromatic heterocycles. The maximum atomic E-state index is 12.6. The number of carboxylic acids is 1. The van der Waals surface area contributed by atoms with E-state index in [1.165, 1.54) is 16.7 Å². The SMILES string of the molecule is CC(C)C[C@H](N)C(=O)N1[C@H](C(=O)O)C(C)(C)SC1(C)C. The maximum absolute atomic E-state index is 12.6. The fraction of sp³-hybridized carbons (Fsp3) is 0.857. The van der Waals surface area contributed by atoms with E-state index in [4.69, 9.17) is 5.73 Å². The highest BCUT2D eigenvalue weighted by molar-refractivity contribution is 8.02. The van der Waals surface area contributed by atoms with E-state index < -0.39 is 27.7 Å². The van der Waals surface area contributed by atoms with Crippen molar-refractivity contribution in [2.75, 3.05) is 0 Å². The van der Waals surface area contributed by atoms with Gasteiger partial charge in [0.25, 0.3) is 0 Å². The topological polar surface area (TPSA) is 83.6 Å². The van der Waals surface area contributed by atoms with Crippen LogP contribution in [0, 0.1) is 5.92 Å². The number of thioether (sulfide) groups is 1. The van der Waals surface area contributed by atoms with Gasteiger partial charge >= 0.3 is 5.97 Å². The van der Waals surface area contributed by atoms with Crippen LogP contribution >= 0.6 is 11.8 Å². The molecule has 0 bridgehead atoms. The van der Waals surface area contributed by atoms with E-state index in [1.807, 2.05) is 41.5 Å². The Balaban J connectivity index is 3.11. The molecule has 0 aliphatic carbocycles. The summed E-state index contributed by atoms with van der Waals surface area (Å²) in [6.07, 6.45) is 0.558. The normalized spacial score (nSPS) is 25.8. The molecule has 1 fully saturated rings. The van der Waals surface area contributed by atoms with Crippen LogP contribution in [0.3, 0.4) is 0 Å². The molecule has 1 amide bonds. The molecule has 6 heteroatoms. The summed E-state index contributed by atoms with van der Waals surface area (Å²) in [5.41, 5.74) is 5.98. The summed E-state index contributed by atoms with van der Waals surface area (Å²) in [7, 11) is 0. The number of carboxylic acid groups (broad SMARTS) is 1. The second-order valence-electron chi connectivity index (χ2n) is 6.84. The van der Waals surface area contributed by atoms with E-state index in [2.05, 4.69) is 0 Å². The smallest absolute Gasteiger partial charge is 0.327 e. The first-order valence-corrected chi connectivity index (χ1v) is 7.73. The first-order valence-electron chi connectivity index (χ1n) is 6.92. The van der Waals surface area contributed by atoms with Crippen LogP contribution in [0.25, 0.3) is 0 Å². The van der Waals surface area contributed by atoms with Gasteiger partial charge in [0.05, 0.1) is 10.9 Å². The van der Waals surface area contributed by atoms with Gasteiger partial charge in [0, 0.05) is 4.75 Å². The van der Waals surface area contributed by atoms with Crippen LogP contribution in [0.5, 0.6) is 0 Å². The first kappa shape index (κ1) is 17.3. The van der Waals surface area contributed by atoms with Crippen molar-refractivity contribution in [1.29, 1.82) is 0 Å². The minimum absolute atomic E-state index is 0.269. The Morgan fingerprint density at radius 2 is 1.80 bits per heavy atom. The molecule has 1 saturated heterocycles. The van der Waals surface area contributed by atoms with Crippen LogP contribution in [0.15, 0.2) is 0 Å². The molecule has 1 rings (SSSR count). The molecule has 0 spiro atoms. The summed E-state index contributed by atoms with van der Waals surface area (Å²) in [5, 5.41) is 9.52. The van der Waals surface area contributed by atoms with Crippen molar-refractivity contribution < 1.29 is 14.7 Å². The molecule has 3 N–H and O–H groups in total. The van der Waals surface area contributed by atoms with Crippen LogP contribution < -0.4 is 5.73 Å². The molecule has 1 aliphatic heterocycles. The van der Waals surface area contributed by atoms with Crippen molar-refractivity contribution in [3.8, 4) is 0 Å². The molecule has 2 atom stereocenters. The predicted octanol–water partition coefficient (Wildman–Crippen LogP) is 1.90. The minimum atomic E-state index is -0.974. The highest BCUT2D eigenvalue weighted by atomic mass is 32.2. The van der Waals surface area contributed by atoms with Gasteiger partial charge in [-0.05, 0) is 40.0 Å². The largest absolute Gasteiger partial charge is 0.480 e. The average molecular weight is 302 g/mol. The van der Waals surface area contributed by atoms with Gasteiger partial charge in [-0.25, -0.2) is 4.79 Å². The van der Waals surface area contributed by atoms with Gasteiger partial charge in [0.1, 0.15) is 6.04 Å². The van der Waals surface area contributed by atoms with Crippen LogP contribution in [0.1, 0.15) is 48.0 Å². The second-order valence-corrected chi connectivity index (χ2v) is 9.09. The Labute approximate surface area is 125 Å². The third-order valence-electron chi connectivity index (χ3n) is 3.52. The molecule has 5 nitrogen and oxygen atoms in total. The van der Waals surface area contributed by atoms with Crippen molar-refractivity contribution in [3.63, 3.8) is 0 Å². The predicted molar refractivity (Wildman–Crippen MR) is 81.4 cm³/mol. The molecule has 0 unspecified atom stereocenters. The lowest BCUT2D eigenvalue weighted by Crippen LogP contribution is -2.57. The number of amides is 1. The number of nitrogens with two attached hydrogens (primary N) is 1. The summed E-state index contributed by atoms with van der Waals surface area (Å²) < 4.78 is -0.539. The van der Waals surface area contributed by atoms with Gasteiger partial charge in [-0.3, -0.25) is 4.79 Å². The summed E-state index contributed by atoms with van der Waals surface area (Å²) in [6, 6.07) is -1.50. The van der Waals surface area contributed by atoms with Crippen molar-refractivity contribution in [2.45, 2.75) is 69.7 Å². The average Bonchev–Trinajstić information content (AvgIpc) is 2.40. The fourth-order valence-electron chi connectivity index (χ4n) is 2.96. The van der Waals surface area contributed by atoms with E-state index in [9.17, 15) is 14.7 Å². The van der Waals surface area contributed by atoms with Crippen LogP contribution in [-0.2, 0) is 9.59 Å². The van der Waals surface area contributed by atoms with E-state index in [-0.39, 0.29) is 5.91 Å². The molecule has 1 heterocycles. The van der Waals surface area contributed by atoms with Gasteiger partial charge in [0.15, 0.2) is 0 Å². The zero-order chi connectivity index (χ0) is 15.9. The third-order valence-corrected chi connectivity index (χ3v) is 4.97. The second kappa shape index (κ2) is 5.56. The zero-order valence-electron chi connectivity index (χ0n) is 13.1. The molecular weight excluding hydrogens is 276 g/mol. The lowest BCUT2D eigenvalue weighted by molar-refractivity contribution is -0.153. The summed E-state index contributed by atoms with van der Waals surface area (Å²) in [5.74, 6) is -0.948. The third kappa shape index (κ3) is 3.28. The molecular formula is C14H26N2O3S.